The molecule has 0 saturated carbocycles. The molecule has 178 valence electrons. The Morgan fingerprint density at radius 2 is 2.15 bits per heavy atom. The summed E-state index contributed by atoms with van der Waals surface area (Å²) in [5.41, 5.74) is 1.94. The molecule has 1 aliphatic heterocycles. The first-order valence-electron chi connectivity index (χ1n) is 10.1. The van der Waals surface area contributed by atoms with Crippen molar-refractivity contribution in [3.05, 3.63) is 35.5 Å². The van der Waals surface area contributed by atoms with Gasteiger partial charge in [0.15, 0.2) is 23.7 Å². The van der Waals surface area contributed by atoms with Crippen molar-refractivity contribution in [3.8, 4) is 0 Å². The third-order valence-electron chi connectivity index (χ3n) is 5.35. The zero-order valence-corrected chi connectivity index (χ0v) is 18.4. The van der Waals surface area contributed by atoms with Crippen LogP contribution in [0.25, 0.3) is 11.0 Å². The fourth-order valence-electron chi connectivity index (χ4n) is 3.84. The maximum Gasteiger partial charge on any atom is 0.390 e. The predicted molar refractivity (Wildman–Crippen MR) is 113 cm³/mol. The molecule has 0 aliphatic carbocycles. The maximum atomic E-state index is 13.2. The molecule has 0 fully saturated rings. The van der Waals surface area contributed by atoms with E-state index in [1.807, 2.05) is 4.90 Å². The molecule has 33 heavy (non-hydrogen) atoms. The molecule has 14 heteroatoms. The average Bonchev–Trinajstić information content (AvgIpc) is 3.37. The predicted octanol–water partition coefficient (Wildman–Crippen LogP) is 2.90. The molecule has 3 aromatic rings. The van der Waals surface area contributed by atoms with E-state index in [1.165, 1.54) is 10.3 Å². The van der Waals surface area contributed by atoms with E-state index in [1.54, 1.807) is 24.1 Å². The van der Waals surface area contributed by atoms with Gasteiger partial charge in [-0.3, -0.25) is 9.48 Å². The van der Waals surface area contributed by atoms with E-state index in [2.05, 4.69) is 20.4 Å². The molecule has 4 rings (SSSR count). The molecule has 3 aromatic heterocycles. The third kappa shape index (κ3) is 4.90. The van der Waals surface area contributed by atoms with Crippen LogP contribution in [0.5, 0.6) is 0 Å². The topological polar surface area (TPSA) is 90.1 Å². The first kappa shape index (κ1) is 23.3. The van der Waals surface area contributed by atoms with Gasteiger partial charge in [0.25, 0.3) is 5.91 Å². The lowest BCUT2D eigenvalue weighted by atomic mass is 10.0. The van der Waals surface area contributed by atoms with E-state index in [0.717, 1.165) is 5.69 Å². The number of amides is 1. The van der Waals surface area contributed by atoms with Gasteiger partial charge in [-0.25, -0.2) is 13.9 Å². The SMILES string of the molecule is COCCn1nc(C(=O)NCCC(F)(F)F)c2c1CCN(c1ncnc3c1ccn3SF)C2. The van der Waals surface area contributed by atoms with Gasteiger partial charge in [-0.05, 0) is 6.07 Å². The van der Waals surface area contributed by atoms with Crippen molar-refractivity contribution in [1.82, 2.24) is 29.0 Å². The molecule has 4 heterocycles. The summed E-state index contributed by atoms with van der Waals surface area (Å²) in [6.45, 7) is 1.06. The number of aromatic nitrogens is 5. The number of anilines is 1. The smallest absolute Gasteiger partial charge is 0.383 e. The van der Waals surface area contributed by atoms with E-state index in [-0.39, 0.29) is 24.6 Å². The number of fused-ring (bicyclic) bond motifs is 2. The molecular weight excluding hydrogens is 466 g/mol. The van der Waals surface area contributed by atoms with Gasteiger partial charge in [0.05, 0.1) is 25.0 Å². The summed E-state index contributed by atoms with van der Waals surface area (Å²) in [6.07, 6.45) is -2.07. The summed E-state index contributed by atoms with van der Waals surface area (Å²) in [6, 6.07) is 1.71. The number of ether oxygens (including phenoxy) is 1. The number of nitrogens with one attached hydrogen (secondary N) is 1. The number of carbonyl (C=O) groups is 1. The molecular formula is C19H21F4N7O2S. The number of hydrogen-bond donors (Lipinski definition) is 1. The van der Waals surface area contributed by atoms with Crippen LogP contribution in [0.4, 0.5) is 22.9 Å². The highest BCUT2D eigenvalue weighted by atomic mass is 32.2. The monoisotopic (exact) mass is 487 g/mol. The number of alkyl halides is 3. The Labute approximate surface area is 190 Å². The minimum absolute atomic E-state index is 0.0251. The quantitative estimate of drug-likeness (QED) is 0.489. The minimum atomic E-state index is -4.37. The normalized spacial score (nSPS) is 14.0. The molecule has 1 aliphatic rings. The van der Waals surface area contributed by atoms with Gasteiger partial charge < -0.3 is 15.0 Å². The summed E-state index contributed by atoms with van der Waals surface area (Å²) in [4.78, 5) is 23.1. The van der Waals surface area contributed by atoms with Crippen molar-refractivity contribution in [2.24, 2.45) is 0 Å². The van der Waals surface area contributed by atoms with Crippen LogP contribution in [0, 0.1) is 0 Å². The van der Waals surface area contributed by atoms with Gasteiger partial charge in [-0.15, -0.1) is 3.89 Å². The fraction of sp³-hybridized carbons (Fsp3) is 0.474. The highest BCUT2D eigenvalue weighted by Gasteiger charge is 2.31. The molecule has 0 radical (unpaired) electrons. The van der Waals surface area contributed by atoms with Gasteiger partial charge in [-0.1, -0.05) is 0 Å². The molecule has 9 nitrogen and oxygen atoms in total. The van der Waals surface area contributed by atoms with Crippen molar-refractivity contribution in [2.45, 2.75) is 32.1 Å². The zero-order valence-electron chi connectivity index (χ0n) is 17.6. The zero-order chi connectivity index (χ0) is 23.6. The first-order chi connectivity index (χ1) is 15.8. The number of carbonyl (C=O) groups excluding carboxylic acids is 1. The Morgan fingerprint density at radius 1 is 1.33 bits per heavy atom. The first-order valence-corrected chi connectivity index (χ1v) is 10.8. The van der Waals surface area contributed by atoms with Gasteiger partial charge in [0.1, 0.15) is 12.1 Å². The molecule has 0 aromatic carbocycles. The highest BCUT2D eigenvalue weighted by molar-refractivity contribution is 7.92. The Bertz CT molecular complexity index is 1150. The second kappa shape index (κ2) is 9.55. The molecule has 0 bridgehead atoms. The number of halogens is 4. The number of nitrogens with zero attached hydrogens (tertiary/aromatic N) is 6. The van der Waals surface area contributed by atoms with Crippen LogP contribution in [-0.2, 0) is 24.2 Å². The van der Waals surface area contributed by atoms with Crippen LogP contribution in [0.3, 0.4) is 0 Å². The molecule has 0 unspecified atom stereocenters. The van der Waals surface area contributed by atoms with Crippen molar-refractivity contribution < 1.29 is 26.6 Å². The molecule has 0 atom stereocenters. The Kier molecular flexibility index (Phi) is 6.74. The lowest BCUT2D eigenvalue weighted by molar-refractivity contribution is -0.133. The minimum Gasteiger partial charge on any atom is -0.383 e. The number of rotatable bonds is 8. The van der Waals surface area contributed by atoms with Crippen molar-refractivity contribution >= 4 is 35.1 Å². The Hall–Kier alpha value is -2.87. The summed E-state index contributed by atoms with van der Waals surface area (Å²) in [5, 5.41) is 7.34. The lowest BCUT2D eigenvalue weighted by Gasteiger charge is -2.29. The summed E-state index contributed by atoms with van der Waals surface area (Å²) in [5.74, 6) is -0.0899. The second-order valence-corrected chi connectivity index (χ2v) is 7.96. The van der Waals surface area contributed by atoms with Crippen molar-refractivity contribution in [2.75, 3.05) is 31.7 Å². The second-order valence-electron chi connectivity index (χ2n) is 7.43. The van der Waals surface area contributed by atoms with Crippen LogP contribution in [0.1, 0.15) is 28.2 Å². The Morgan fingerprint density at radius 3 is 2.88 bits per heavy atom. The van der Waals surface area contributed by atoms with Crippen LogP contribution < -0.4 is 10.2 Å². The van der Waals surface area contributed by atoms with Crippen LogP contribution in [0.2, 0.25) is 0 Å². The van der Waals surface area contributed by atoms with Gasteiger partial charge in [0.2, 0.25) is 0 Å². The average molecular weight is 487 g/mol. The number of methoxy groups -OCH3 is 1. The van der Waals surface area contributed by atoms with Crippen molar-refractivity contribution in [1.29, 1.82) is 0 Å². The lowest BCUT2D eigenvalue weighted by Crippen LogP contribution is -2.34. The van der Waals surface area contributed by atoms with E-state index in [4.69, 9.17) is 4.74 Å². The maximum absolute atomic E-state index is 13.2. The molecule has 1 amide bonds. The molecule has 0 saturated heterocycles. The van der Waals surface area contributed by atoms with E-state index >= 15 is 0 Å². The van der Waals surface area contributed by atoms with Crippen LogP contribution >= 0.6 is 12.3 Å². The standard InChI is InChI=1S/C19H21F4N7O2S/c1-32-9-8-29-14-3-6-28(16-12-2-7-30(33-23)17(12)26-11-25-16)10-13(14)15(27-29)18(31)24-5-4-19(20,21)22/h2,7,11H,3-6,8-10H2,1H3,(H,24,31). The number of hydrogen-bond acceptors (Lipinski definition) is 7. The largest absolute Gasteiger partial charge is 0.390 e. The summed E-state index contributed by atoms with van der Waals surface area (Å²) >= 11 is 0.0251. The van der Waals surface area contributed by atoms with Crippen LogP contribution in [0.15, 0.2) is 18.6 Å². The van der Waals surface area contributed by atoms with Crippen LogP contribution in [-0.4, -0.2) is 62.6 Å². The molecule has 1 N–H and O–H groups in total. The van der Waals surface area contributed by atoms with Gasteiger partial charge in [0, 0.05) is 50.6 Å². The van der Waals surface area contributed by atoms with E-state index in [0.29, 0.717) is 48.5 Å². The van der Waals surface area contributed by atoms with Gasteiger partial charge in [-0.2, -0.15) is 18.3 Å². The summed E-state index contributed by atoms with van der Waals surface area (Å²) in [7, 11) is 1.55. The molecule has 0 spiro atoms. The summed E-state index contributed by atoms with van der Waals surface area (Å²) < 4.78 is 58.7. The van der Waals surface area contributed by atoms with Gasteiger partial charge >= 0.3 is 6.18 Å². The highest BCUT2D eigenvalue weighted by Crippen LogP contribution is 2.31. The van der Waals surface area contributed by atoms with E-state index in [9.17, 15) is 21.9 Å². The Balaban J connectivity index is 1.63. The fourth-order valence-corrected chi connectivity index (χ4v) is 4.16. The third-order valence-corrected chi connectivity index (χ3v) is 5.79. The van der Waals surface area contributed by atoms with Crippen molar-refractivity contribution in [3.63, 3.8) is 0 Å². The van der Waals surface area contributed by atoms with E-state index < -0.39 is 25.0 Å².